The van der Waals surface area contributed by atoms with Gasteiger partial charge in [-0.3, -0.25) is 0 Å². The minimum absolute atomic E-state index is 0.0219. The molecule has 2 N–H and O–H groups in total. The highest BCUT2D eigenvalue weighted by molar-refractivity contribution is 6.35. The van der Waals surface area contributed by atoms with Crippen molar-refractivity contribution >= 4 is 23.2 Å². The van der Waals surface area contributed by atoms with Crippen molar-refractivity contribution < 1.29 is 5.11 Å². The average molecular weight is 276 g/mol. The highest BCUT2D eigenvalue weighted by Gasteiger charge is 2.20. The Labute approximate surface area is 113 Å². The zero-order chi connectivity index (χ0) is 12.8. The number of nitrogens with one attached hydrogen (secondary N) is 1. The Balaban J connectivity index is 2.81. The van der Waals surface area contributed by atoms with Crippen molar-refractivity contribution in [3.8, 4) is 0 Å². The molecule has 0 heterocycles. The van der Waals surface area contributed by atoms with Gasteiger partial charge in [0, 0.05) is 21.7 Å². The predicted molar refractivity (Wildman–Crippen MR) is 73.8 cm³/mol. The third-order valence-corrected chi connectivity index (χ3v) is 3.32. The first-order chi connectivity index (χ1) is 8.10. The summed E-state index contributed by atoms with van der Waals surface area (Å²) in [4.78, 5) is 0. The van der Waals surface area contributed by atoms with Gasteiger partial charge in [0.05, 0.1) is 6.10 Å². The van der Waals surface area contributed by atoms with E-state index in [9.17, 15) is 5.11 Å². The standard InChI is InChI=1S/C13H19Cl2NO/c1-3-7-16-12(4-2)13(17)10-6-5-9(14)8-11(10)15/h5-6,8,12-13,16-17H,3-4,7H2,1-2H3. The maximum atomic E-state index is 10.3. The lowest BCUT2D eigenvalue weighted by atomic mass is 10.00. The zero-order valence-corrected chi connectivity index (χ0v) is 11.7. The molecule has 4 heteroatoms. The van der Waals surface area contributed by atoms with Crippen LogP contribution in [0.1, 0.15) is 38.4 Å². The molecule has 0 amide bonds. The SMILES string of the molecule is CCCNC(CC)C(O)c1ccc(Cl)cc1Cl. The molecule has 96 valence electrons. The summed E-state index contributed by atoms with van der Waals surface area (Å²) >= 11 is 11.9. The van der Waals surface area contributed by atoms with Crippen LogP contribution in [0.3, 0.4) is 0 Å². The van der Waals surface area contributed by atoms with Crippen molar-refractivity contribution in [3.63, 3.8) is 0 Å². The summed E-state index contributed by atoms with van der Waals surface area (Å²) in [5, 5.41) is 14.7. The lowest BCUT2D eigenvalue weighted by molar-refractivity contribution is 0.126. The van der Waals surface area contributed by atoms with E-state index in [1.54, 1.807) is 18.2 Å². The average Bonchev–Trinajstić information content (AvgIpc) is 2.29. The van der Waals surface area contributed by atoms with E-state index in [1.807, 2.05) is 6.92 Å². The Kier molecular flexibility index (Phi) is 6.28. The van der Waals surface area contributed by atoms with Gasteiger partial charge in [0.1, 0.15) is 0 Å². The maximum absolute atomic E-state index is 10.3. The molecule has 0 saturated heterocycles. The number of hydrogen-bond donors (Lipinski definition) is 2. The molecule has 2 nitrogen and oxygen atoms in total. The van der Waals surface area contributed by atoms with E-state index in [0.29, 0.717) is 10.0 Å². The number of halogens is 2. The van der Waals surface area contributed by atoms with Crippen LogP contribution in [0.4, 0.5) is 0 Å². The molecule has 1 aromatic rings. The van der Waals surface area contributed by atoms with Crippen molar-refractivity contribution in [1.82, 2.24) is 5.32 Å². The van der Waals surface area contributed by atoms with Crippen molar-refractivity contribution in [2.45, 2.75) is 38.8 Å². The second-order valence-corrected chi connectivity index (χ2v) is 4.92. The van der Waals surface area contributed by atoms with Crippen LogP contribution in [0.25, 0.3) is 0 Å². The van der Waals surface area contributed by atoms with Crippen molar-refractivity contribution in [3.05, 3.63) is 33.8 Å². The van der Waals surface area contributed by atoms with Gasteiger partial charge >= 0.3 is 0 Å². The Bertz CT molecular complexity index is 357. The molecule has 0 bridgehead atoms. The van der Waals surface area contributed by atoms with E-state index in [-0.39, 0.29) is 6.04 Å². The largest absolute Gasteiger partial charge is 0.387 e. The predicted octanol–water partition coefficient (Wildman–Crippen LogP) is 3.81. The van der Waals surface area contributed by atoms with Crippen LogP contribution >= 0.6 is 23.2 Å². The molecule has 0 aliphatic carbocycles. The van der Waals surface area contributed by atoms with Crippen LogP contribution in [0.2, 0.25) is 10.0 Å². The Morgan fingerprint density at radius 3 is 2.53 bits per heavy atom. The van der Waals surface area contributed by atoms with E-state index in [1.165, 1.54) is 0 Å². The Hall–Kier alpha value is -0.280. The summed E-state index contributed by atoms with van der Waals surface area (Å²) < 4.78 is 0. The van der Waals surface area contributed by atoms with E-state index >= 15 is 0 Å². The van der Waals surface area contributed by atoms with Gasteiger partial charge in [-0.25, -0.2) is 0 Å². The van der Waals surface area contributed by atoms with Gasteiger partial charge in [-0.05, 0) is 31.5 Å². The van der Waals surface area contributed by atoms with Gasteiger partial charge in [-0.15, -0.1) is 0 Å². The van der Waals surface area contributed by atoms with Crippen LogP contribution in [0.5, 0.6) is 0 Å². The van der Waals surface area contributed by atoms with Gasteiger partial charge in [0.2, 0.25) is 0 Å². The monoisotopic (exact) mass is 275 g/mol. The van der Waals surface area contributed by atoms with E-state index in [4.69, 9.17) is 23.2 Å². The highest BCUT2D eigenvalue weighted by atomic mass is 35.5. The fourth-order valence-corrected chi connectivity index (χ4v) is 2.29. The van der Waals surface area contributed by atoms with E-state index in [0.717, 1.165) is 24.9 Å². The topological polar surface area (TPSA) is 32.3 Å². The molecular weight excluding hydrogens is 257 g/mol. The lowest BCUT2D eigenvalue weighted by Crippen LogP contribution is -2.35. The number of aliphatic hydroxyl groups excluding tert-OH is 1. The summed E-state index contributed by atoms with van der Waals surface area (Å²) in [6, 6.07) is 5.21. The molecule has 0 radical (unpaired) electrons. The quantitative estimate of drug-likeness (QED) is 0.828. The first-order valence-corrected chi connectivity index (χ1v) is 6.72. The van der Waals surface area contributed by atoms with Gasteiger partial charge in [-0.2, -0.15) is 0 Å². The van der Waals surface area contributed by atoms with Crippen LogP contribution in [0.15, 0.2) is 18.2 Å². The third kappa shape index (κ3) is 4.14. The van der Waals surface area contributed by atoms with Crippen LogP contribution in [-0.4, -0.2) is 17.7 Å². The van der Waals surface area contributed by atoms with E-state index < -0.39 is 6.10 Å². The van der Waals surface area contributed by atoms with Crippen LogP contribution in [-0.2, 0) is 0 Å². The number of aliphatic hydroxyl groups is 1. The summed E-state index contributed by atoms with van der Waals surface area (Å²) in [6.07, 6.45) is 1.29. The number of rotatable bonds is 6. The molecule has 0 fully saturated rings. The Morgan fingerprint density at radius 1 is 1.29 bits per heavy atom. The highest BCUT2D eigenvalue weighted by Crippen LogP contribution is 2.28. The van der Waals surface area contributed by atoms with Gasteiger partial charge in [0.15, 0.2) is 0 Å². The Morgan fingerprint density at radius 2 is 2.00 bits per heavy atom. The maximum Gasteiger partial charge on any atom is 0.0957 e. The molecule has 1 aromatic carbocycles. The normalized spacial score (nSPS) is 14.6. The molecular formula is C13H19Cl2NO. The molecule has 17 heavy (non-hydrogen) atoms. The summed E-state index contributed by atoms with van der Waals surface area (Å²) in [5.74, 6) is 0. The van der Waals surface area contributed by atoms with Crippen LogP contribution < -0.4 is 5.32 Å². The molecule has 2 atom stereocenters. The molecule has 0 aromatic heterocycles. The number of benzene rings is 1. The zero-order valence-electron chi connectivity index (χ0n) is 10.2. The summed E-state index contributed by atoms with van der Waals surface area (Å²) in [5.41, 5.74) is 0.728. The van der Waals surface area contributed by atoms with Gasteiger partial charge in [-0.1, -0.05) is 43.1 Å². The van der Waals surface area contributed by atoms with Gasteiger partial charge < -0.3 is 10.4 Å². The minimum Gasteiger partial charge on any atom is -0.387 e. The fraction of sp³-hybridized carbons (Fsp3) is 0.538. The van der Waals surface area contributed by atoms with Crippen molar-refractivity contribution in [2.75, 3.05) is 6.54 Å². The molecule has 0 spiro atoms. The third-order valence-electron chi connectivity index (χ3n) is 2.76. The molecule has 1 rings (SSSR count). The first kappa shape index (κ1) is 14.8. The van der Waals surface area contributed by atoms with Gasteiger partial charge in [0.25, 0.3) is 0 Å². The second-order valence-electron chi connectivity index (χ2n) is 4.08. The molecule has 0 aliphatic rings. The fourth-order valence-electron chi connectivity index (χ4n) is 1.77. The van der Waals surface area contributed by atoms with Crippen LogP contribution in [0, 0.1) is 0 Å². The number of hydrogen-bond acceptors (Lipinski definition) is 2. The second kappa shape index (κ2) is 7.22. The lowest BCUT2D eigenvalue weighted by Gasteiger charge is -2.24. The smallest absolute Gasteiger partial charge is 0.0957 e. The summed E-state index contributed by atoms with van der Waals surface area (Å²) in [7, 11) is 0. The minimum atomic E-state index is -0.601. The van der Waals surface area contributed by atoms with Crippen molar-refractivity contribution in [2.24, 2.45) is 0 Å². The molecule has 0 aliphatic heterocycles. The van der Waals surface area contributed by atoms with Crippen molar-refractivity contribution in [1.29, 1.82) is 0 Å². The molecule has 2 unspecified atom stereocenters. The first-order valence-electron chi connectivity index (χ1n) is 5.96. The van der Waals surface area contributed by atoms with E-state index in [2.05, 4.69) is 12.2 Å². The summed E-state index contributed by atoms with van der Waals surface area (Å²) in [6.45, 7) is 5.03. The molecule has 0 saturated carbocycles.